The molecule has 2 rings (SSSR count). The van der Waals surface area contributed by atoms with Gasteiger partial charge in [-0.25, -0.2) is 0 Å². The molecular formula is C15H30N2O. The first-order valence-corrected chi connectivity index (χ1v) is 7.83. The molecule has 0 aromatic carbocycles. The number of hydrogen-bond donors (Lipinski definition) is 2. The summed E-state index contributed by atoms with van der Waals surface area (Å²) in [5.41, 5.74) is -0.00865. The van der Waals surface area contributed by atoms with Gasteiger partial charge in [0.2, 0.25) is 0 Å². The first-order chi connectivity index (χ1) is 8.79. The molecular weight excluding hydrogens is 224 g/mol. The highest BCUT2D eigenvalue weighted by Crippen LogP contribution is 2.31. The predicted octanol–water partition coefficient (Wildman–Crippen LogP) is 2.15. The molecule has 2 N–H and O–H groups in total. The molecule has 1 heterocycles. The van der Waals surface area contributed by atoms with E-state index < -0.39 is 0 Å². The van der Waals surface area contributed by atoms with E-state index in [1.807, 2.05) is 7.05 Å². The molecule has 3 heteroatoms. The van der Waals surface area contributed by atoms with Crippen molar-refractivity contribution in [2.75, 3.05) is 26.7 Å². The Morgan fingerprint density at radius 2 is 1.78 bits per heavy atom. The predicted molar refractivity (Wildman–Crippen MR) is 75.8 cm³/mol. The Bertz CT molecular complexity index is 233. The molecule has 0 amide bonds. The van der Waals surface area contributed by atoms with Crippen LogP contribution in [0.15, 0.2) is 0 Å². The van der Waals surface area contributed by atoms with Gasteiger partial charge in [-0.3, -0.25) is 0 Å². The van der Waals surface area contributed by atoms with Gasteiger partial charge in [-0.1, -0.05) is 19.3 Å². The van der Waals surface area contributed by atoms with Gasteiger partial charge in [0.05, 0.1) is 6.61 Å². The summed E-state index contributed by atoms with van der Waals surface area (Å²) in [5.74, 6) is 0. The van der Waals surface area contributed by atoms with Crippen molar-refractivity contribution < 1.29 is 5.11 Å². The minimum Gasteiger partial charge on any atom is -0.394 e. The molecule has 2 fully saturated rings. The number of rotatable bonds is 3. The van der Waals surface area contributed by atoms with Gasteiger partial charge >= 0.3 is 0 Å². The van der Waals surface area contributed by atoms with Gasteiger partial charge < -0.3 is 15.3 Å². The van der Waals surface area contributed by atoms with E-state index in [4.69, 9.17) is 0 Å². The summed E-state index contributed by atoms with van der Waals surface area (Å²) in [6.07, 6.45) is 11.8. The lowest BCUT2D eigenvalue weighted by molar-refractivity contribution is 0.0598. The molecule has 0 aromatic heterocycles. The molecule has 1 saturated carbocycles. The molecule has 1 saturated heterocycles. The van der Waals surface area contributed by atoms with E-state index in [2.05, 4.69) is 10.2 Å². The van der Waals surface area contributed by atoms with Crippen LogP contribution < -0.4 is 5.32 Å². The van der Waals surface area contributed by atoms with Crippen LogP contribution in [0.3, 0.4) is 0 Å². The summed E-state index contributed by atoms with van der Waals surface area (Å²) in [5, 5.41) is 13.1. The molecule has 0 spiro atoms. The topological polar surface area (TPSA) is 35.5 Å². The van der Waals surface area contributed by atoms with Crippen molar-refractivity contribution in [3.63, 3.8) is 0 Å². The van der Waals surface area contributed by atoms with Crippen molar-refractivity contribution in [2.45, 2.75) is 69.4 Å². The monoisotopic (exact) mass is 254 g/mol. The summed E-state index contributed by atoms with van der Waals surface area (Å²) in [4.78, 5) is 2.71. The molecule has 3 nitrogen and oxygen atoms in total. The second-order valence-corrected chi connectivity index (χ2v) is 6.24. The Hall–Kier alpha value is -0.120. The Balaban J connectivity index is 1.93. The van der Waals surface area contributed by atoms with E-state index in [9.17, 15) is 5.11 Å². The van der Waals surface area contributed by atoms with Crippen LogP contribution in [0.4, 0.5) is 0 Å². The standard InChI is InChI=1S/C15H30N2O/c1-16-15(13-18)9-7-8-14(12-15)17-10-5-3-2-4-6-11-17/h14,16,18H,2-13H2,1H3. The number of likely N-dealkylation sites (N-methyl/N-ethyl adjacent to an activating group) is 1. The lowest BCUT2D eigenvalue weighted by atomic mass is 9.78. The van der Waals surface area contributed by atoms with E-state index in [-0.39, 0.29) is 12.1 Å². The normalized spacial score (nSPS) is 36.0. The van der Waals surface area contributed by atoms with Gasteiger partial charge in [-0.2, -0.15) is 0 Å². The zero-order chi connectivity index (χ0) is 12.8. The third kappa shape index (κ3) is 3.46. The zero-order valence-corrected chi connectivity index (χ0v) is 12.0. The zero-order valence-electron chi connectivity index (χ0n) is 12.0. The van der Waals surface area contributed by atoms with Crippen molar-refractivity contribution in [1.29, 1.82) is 0 Å². The summed E-state index contributed by atoms with van der Waals surface area (Å²) in [6, 6.07) is 0.691. The van der Waals surface area contributed by atoms with Crippen molar-refractivity contribution in [3.05, 3.63) is 0 Å². The van der Waals surface area contributed by atoms with Crippen LogP contribution in [0.1, 0.15) is 57.8 Å². The van der Waals surface area contributed by atoms with Crippen LogP contribution in [0, 0.1) is 0 Å². The molecule has 1 aliphatic carbocycles. The lowest BCUT2D eigenvalue weighted by Gasteiger charge is -2.44. The summed E-state index contributed by atoms with van der Waals surface area (Å²) < 4.78 is 0. The number of nitrogens with one attached hydrogen (secondary N) is 1. The van der Waals surface area contributed by atoms with Crippen LogP contribution in [0.5, 0.6) is 0 Å². The van der Waals surface area contributed by atoms with Gasteiger partial charge in [0.15, 0.2) is 0 Å². The number of likely N-dealkylation sites (tertiary alicyclic amines) is 1. The molecule has 2 atom stereocenters. The number of aliphatic hydroxyl groups is 1. The van der Waals surface area contributed by atoms with E-state index >= 15 is 0 Å². The van der Waals surface area contributed by atoms with Crippen molar-refractivity contribution in [3.8, 4) is 0 Å². The Kier molecular flexibility index (Phi) is 5.46. The number of aliphatic hydroxyl groups excluding tert-OH is 1. The minimum atomic E-state index is -0.00865. The second-order valence-electron chi connectivity index (χ2n) is 6.24. The molecule has 1 aliphatic heterocycles. The van der Waals surface area contributed by atoms with Crippen molar-refractivity contribution in [2.24, 2.45) is 0 Å². The van der Waals surface area contributed by atoms with Crippen molar-refractivity contribution in [1.82, 2.24) is 10.2 Å². The Labute approximate surface area is 112 Å². The SMILES string of the molecule is CNC1(CO)CCCC(N2CCCCCCC2)C1. The van der Waals surface area contributed by atoms with Crippen LogP contribution in [-0.4, -0.2) is 48.3 Å². The molecule has 0 radical (unpaired) electrons. The van der Waals surface area contributed by atoms with Crippen LogP contribution >= 0.6 is 0 Å². The van der Waals surface area contributed by atoms with Gasteiger partial charge in [-0.05, 0) is 58.7 Å². The molecule has 0 aromatic rings. The maximum absolute atomic E-state index is 9.68. The lowest BCUT2D eigenvalue weighted by Crippen LogP contribution is -2.55. The fraction of sp³-hybridized carbons (Fsp3) is 1.00. The maximum Gasteiger partial charge on any atom is 0.0613 e. The summed E-state index contributed by atoms with van der Waals surface area (Å²) >= 11 is 0. The Morgan fingerprint density at radius 1 is 1.11 bits per heavy atom. The van der Waals surface area contributed by atoms with Gasteiger partial charge in [-0.15, -0.1) is 0 Å². The average Bonchev–Trinajstić information content (AvgIpc) is 2.38. The van der Waals surface area contributed by atoms with E-state index in [0.29, 0.717) is 6.04 Å². The third-order valence-electron chi connectivity index (χ3n) is 5.06. The van der Waals surface area contributed by atoms with Crippen molar-refractivity contribution >= 4 is 0 Å². The number of nitrogens with zero attached hydrogens (tertiary/aromatic N) is 1. The fourth-order valence-electron chi connectivity index (χ4n) is 3.73. The fourth-order valence-corrected chi connectivity index (χ4v) is 3.73. The molecule has 0 bridgehead atoms. The first-order valence-electron chi connectivity index (χ1n) is 7.83. The van der Waals surface area contributed by atoms with Crippen LogP contribution in [0.25, 0.3) is 0 Å². The van der Waals surface area contributed by atoms with E-state index in [1.165, 1.54) is 58.0 Å². The average molecular weight is 254 g/mol. The molecule has 2 unspecified atom stereocenters. The maximum atomic E-state index is 9.68. The molecule has 2 aliphatic rings. The van der Waals surface area contributed by atoms with Crippen LogP contribution in [0.2, 0.25) is 0 Å². The minimum absolute atomic E-state index is 0.00865. The van der Waals surface area contributed by atoms with Crippen LogP contribution in [-0.2, 0) is 0 Å². The van der Waals surface area contributed by atoms with Gasteiger partial charge in [0, 0.05) is 11.6 Å². The number of hydrogen-bond acceptors (Lipinski definition) is 3. The first kappa shape index (κ1) is 14.3. The smallest absolute Gasteiger partial charge is 0.0613 e. The summed E-state index contributed by atoms with van der Waals surface area (Å²) in [6.45, 7) is 2.83. The highest BCUT2D eigenvalue weighted by atomic mass is 16.3. The van der Waals surface area contributed by atoms with Gasteiger partial charge in [0.25, 0.3) is 0 Å². The summed E-state index contributed by atoms with van der Waals surface area (Å²) in [7, 11) is 2.01. The molecule has 18 heavy (non-hydrogen) atoms. The third-order valence-corrected chi connectivity index (χ3v) is 5.06. The highest BCUT2D eigenvalue weighted by Gasteiger charge is 2.36. The van der Waals surface area contributed by atoms with E-state index in [1.54, 1.807) is 0 Å². The largest absolute Gasteiger partial charge is 0.394 e. The molecule has 106 valence electrons. The quantitative estimate of drug-likeness (QED) is 0.810. The Morgan fingerprint density at radius 3 is 2.39 bits per heavy atom. The van der Waals surface area contributed by atoms with E-state index in [0.717, 1.165) is 12.8 Å². The second kappa shape index (κ2) is 6.88. The highest BCUT2D eigenvalue weighted by molar-refractivity contribution is 4.95. The van der Waals surface area contributed by atoms with Gasteiger partial charge in [0.1, 0.15) is 0 Å².